The van der Waals surface area contributed by atoms with Crippen LogP contribution in [0.4, 0.5) is 0 Å². The van der Waals surface area contributed by atoms with Gasteiger partial charge in [0.05, 0.1) is 29.5 Å². The number of aromatic nitrogens is 3. The second-order valence-electron chi connectivity index (χ2n) is 9.23. The molecule has 0 bridgehead atoms. The summed E-state index contributed by atoms with van der Waals surface area (Å²) in [5.74, 6) is 2.15. The van der Waals surface area contributed by atoms with E-state index in [1.54, 1.807) is 6.33 Å². The van der Waals surface area contributed by atoms with Crippen LogP contribution in [0.2, 0.25) is 0 Å². The normalized spacial score (nSPS) is 18.5. The minimum atomic E-state index is 0.560. The van der Waals surface area contributed by atoms with E-state index in [4.69, 9.17) is 4.74 Å². The first-order valence-electron chi connectivity index (χ1n) is 11.8. The highest BCUT2D eigenvalue weighted by Crippen LogP contribution is 2.35. The van der Waals surface area contributed by atoms with Gasteiger partial charge in [-0.2, -0.15) is 0 Å². The van der Waals surface area contributed by atoms with Gasteiger partial charge < -0.3 is 9.72 Å². The summed E-state index contributed by atoms with van der Waals surface area (Å²) in [6.45, 7) is 3.15. The largest absolute Gasteiger partial charge is 0.493 e. The number of nitrogens with zero attached hydrogens (tertiary/aromatic N) is 2. The van der Waals surface area contributed by atoms with Crippen LogP contribution in [0.5, 0.6) is 5.75 Å². The van der Waals surface area contributed by atoms with E-state index in [1.165, 1.54) is 27.6 Å². The van der Waals surface area contributed by atoms with Gasteiger partial charge in [0.1, 0.15) is 5.75 Å². The molecule has 4 heteroatoms. The van der Waals surface area contributed by atoms with Crippen LogP contribution < -0.4 is 4.74 Å². The van der Waals surface area contributed by atoms with Gasteiger partial charge in [-0.15, -0.1) is 0 Å². The zero-order chi connectivity index (χ0) is 22.2. The molecule has 4 nitrogen and oxygen atoms in total. The van der Waals surface area contributed by atoms with Crippen LogP contribution in [0, 0.1) is 11.8 Å². The fourth-order valence-corrected chi connectivity index (χ4v) is 5.21. The second-order valence-corrected chi connectivity index (χ2v) is 9.23. The average Bonchev–Trinajstić information content (AvgIpc) is 3.31. The third kappa shape index (κ3) is 3.86. The van der Waals surface area contributed by atoms with Crippen LogP contribution in [-0.4, -0.2) is 21.6 Å². The lowest BCUT2D eigenvalue weighted by Crippen LogP contribution is -2.22. The number of imidazole rings is 1. The predicted octanol–water partition coefficient (Wildman–Crippen LogP) is 6.60. The Morgan fingerprint density at radius 2 is 1.82 bits per heavy atom. The average molecular weight is 434 g/mol. The van der Waals surface area contributed by atoms with E-state index < -0.39 is 0 Å². The molecule has 3 heterocycles. The fourth-order valence-electron chi connectivity index (χ4n) is 5.21. The molecule has 1 aliphatic heterocycles. The standard InChI is InChI=1S/C29H27N3O/c1-19-14-24-16-21(22-6-8-27-28(17-22)32-18-31-27)7-9-29(24)33-13-11-20(19)15-23-10-12-30-26-5-3-2-4-25(23)26/h2-10,12,16-20H,11,13-15H2,1H3,(H,31,32). The third-order valence-electron chi connectivity index (χ3n) is 7.13. The van der Waals surface area contributed by atoms with E-state index in [0.717, 1.165) is 48.2 Å². The Kier molecular flexibility index (Phi) is 5.06. The molecule has 33 heavy (non-hydrogen) atoms. The van der Waals surface area contributed by atoms with Crippen molar-refractivity contribution in [3.8, 4) is 16.9 Å². The first-order valence-corrected chi connectivity index (χ1v) is 11.8. The minimum absolute atomic E-state index is 0.560. The van der Waals surface area contributed by atoms with Crippen LogP contribution in [0.25, 0.3) is 33.1 Å². The van der Waals surface area contributed by atoms with E-state index >= 15 is 0 Å². The molecular formula is C29H27N3O. The minimum Gasteiger partial charge on any atom is -0.493 e. The lowest BCUT2D eigenvalue weighted by atomic mass is 9.80. The maximum Gasteiger partial charge on any atom is 0.122 e. The molecule has 2 unspecified atom stereocenters. The van der Waals surface area contributed by atoms with Gasteiger partial charge in [-0.25, -0.2) is 4.98 Å². The number of H-pyrrole nitrogens is 1. The molecule has 0 fully saturated rings. The van der Waals surface area contributed by atoms with Gasteiger partial charge in [0, 0.05) is 11.6 Å². The molecule has 164 valence electrons. The van der Waals surface area contributed by atoms with Crippen LogP contribution in [0.1, 0.15) is 24.5 Å². The zero-order valence-corrected chi connectivity index (χ0v) is 18.8. The van der Waals surface area contributed by atoms with Crippen molar-refractivity contribution in [2.24, 2.45) is 11.8 Å². The second kappa shape index (κ2) is 8.36. The van der Waals surface area contributed by atoms with Gasteiger partial charge in [-0.05, 0) is 89.8 Å². The number of pyridine rings is 1. The van der Waals surface area contributed by atoms with E-state index in [9.17, 15) is 0 Å². The number of rotatable bonds is 3. The third-order valence-corrected chi connectivity index (χ3v) is 7.13. The number of aromatic amines is 1. The quantitative estimate of drug-likeness (QED) is 0.349. The van der Waals surface area contributed by atoms with Crippen molar-refractivity contribution < 1.29 is 4.74 Å². The number of para-hydroxylation sites is 1. The maximum atomic E-state index is 6.25. The van der Waals surface area contributed by atoms with E-state index in [0.29, 0.717) is 11.8 Å². The predicted molar refractivity (Wildman–Crippen MR) is 133 cm³/mol. The first-order chi connectivity index (χ1) is 16.2. The molecule has 1 N–H and O–H groups in total. The summed E-state index contributed by atoms with van der Waals surface area (Å²) in [4.78, 5) is 12.1. The molecule has 3 aromatic carbocycles. The molecule has 1 aliphatic rings. The van der Waals surface area contributed by atoms with Crippen molar-refractivity contribution in [3.05, 3.63) is 90.4 Å². The van der Waals surface area contributed by atoms with Crippen molar-refractivity contribution in [1.29, 1.82) is 0 Å². The van der Waals surface area contributed by atoms with Gasteiger partial charge in [0.25, 0.3) is 0 Å². The molecule has 0 amide bonds. The topological polar surface area (TPSA) is 50.8 Å². The Bertz CT molecular complexity index is 1430. The molecule has 0 saturated heterocycles. The lowest BCUT2D eigenvalue weighted by Gasteiger charge is -2.28. The van der Waals surface area contributed by atoms with Crippen molar-refractivity contribution in [2.45, 2.75) is 26.2 Å². The summed E-state index contributed by atoms with van der Waals surface area (Å²) in [6.07, 6.45) is 6.83. The Labute approximate surface area is 193 Å². The fraction of sp³-hybridized carbons (Fsp3) is 0.241. The molecule has 5 aromatic rings. The molecule has 0 saturated carbocycles. The summed E-state index contributed by atoms with van der Waals surface area (Å²) in [7, 11) is 0. The first kappa shape index (κ1) is 20.0. The summed E-state index contributed by atoms with van der Waals surface area (Å²) in [6, 6.07) is 23.7. The molecule has 0 radical (unpaired) electrons. The van der Waals surface area contributed by atoms with Crippen LogP contribution in [0.15, 0.2) is 79.3 Å². The summed E-state index contributed by atoms with van der Waals surface area (Å²) < 4.78 is 6.25. The number of hydrogen-bond donors (Lipinski definition) is 1. The SMILES string of the molecule is CC1Cc2cc(-c3ccc4nc[nH]c4c3)ccc2OCCC1Cc1ccnc2ccccc12. The molecule has 0 spiro atoms. The van der Waals surface area contributed by atoms with Crippen LogP contribution in [0.3, 0.4) is 0 Å². The Morgan fingerprint density at radius 3 is 2.79 bits per heavy atom. The monoisotopic (exact) mass is 433 g/mol. The van der Waals surface area contributed by atoms with Crippen molar-refractivity contribution in [2.75, 3.05) is 6.61 Å². The molecule has 0 aliphatic carbocycles. The van der Waals surface area contributed by atoms with Crippen LogP contribution in [-0.2, 0) is 12.8 Å². The Balaban J connectivity index is 1.28. The van der Waals surface area contributed by atoms with Gasteiger partial charge in [-0.1, -0.05) is 37.3 Å². The number of benzene rings is 3. The van der Waals surface area contributed by atoms with Gasteiger partial charge in [0.15, 0.2) is 0 Å². The molecule has 2 atom stereocenters. The van der Waals surface area contributed by atoms with Gasteiger partial charge >= 0.3 is 0 Å². The highest BCUT2D eigenvalue weighted by atomic mass is 16.5. The summed E-state index contributed by atoms with van der Waals surface area (Å²) >= 11 is 0. The number of ether oxygens (including phenoxy) is 1. The summed E-state index contributed by atoms with van der Waals surface area (Å²) in [5.41, 5.74) is 8.24. The highest BCUT2D eigenvalue weighted by Gasteiger charge is 2.23. The zero-order valence-electron chi connectivity index (χ0n) is 18.8. The molecular weight excluding hydrogens is 406 g/mol. The van der Waals surface area contributed by atoms with Crippen molar-refractivity contribution in [1.82, 2.24) is 15.0 Å². The smallest absolute Gasteiger partial charge is 0.122 e. The van der Waals surface area contributed by atoms with Gasteiger partial charge in [0.2, 0.25) is 0 Å². The summed E-state index contributed by atoms with van der Waals surface area (Å²) in [5, 5.41) is 1.27. The Morgan fingerprint density at radius 1 is 0.939 bits per heavy atom. The number of fused-ring (bicyclic) bond motifs is 3. The Hall–Kier alpha value is -3.66. The van der Waals surface area contributed by atoms with E-state index in [-0.39, 0.29) is 0 Å². The highest BCUT2D eigenvalue weighted by molar-refractivity contribution is 5.82. The number of hydrogen-bond acceptors (Lipinski definition) is 3. The van der Waals surface area contributed by atoms with E-state index in [2.05, 4.69) is 88.6 Å². The van der Waals surface area contributed by atoms with Crippen LogP contribution >= 0.6 is 0 Å². The van der Waals surface area contributed by atoms with Crippen molar-refractivity contribution in [3.63, 3.8) is 0 Å². The van der Waals surface area contributed by atoms with E-state index in [1.807, 2.05) is 6.20 Å². The number of nitrogens with one attached hydrogen (secondary N) is 1. The molecule has 6 rings (SSSR count). The van der Waals surface area contributed by atoms with Crippen molar-refractivity contribution >= 4 is 21.9 Å². The van der Waals surface area contributed by atoms with Gasteiger partial charge in [-0.3, -0.25) is 4.98 Å². The maximum absolute atomic E-state index is 6.25. The molecule has 2 aromatic heterocycles. The lowest BCUT2D eigenvalue weighted by molar-refractivity contribution is 0.222.